The smallest absolute Gasteiger partial charge is 0.0682 e. The molecule has 0 saturated carbocycles. The summed E-state index contributed by atoms with van der Waals surface area (Å²) in [7, 11) is 0. The summed E-state index contributed by atoms with van der Waals surface area (Å²) in [6.45, 7) is 4.34. The van der Waals surface area contributed by atoms with E-state index in [2.05, 4.69) is 73.6 Å². The molecule has 7 heteroatoms. The average Bonchev–Trinajstić information content (AvgIpc) is 3.28. The van der Waals surface area contributed by atoms with E-state index in [-0.39, 0.29) is 0 Å². The fourth-order valence-corrected chi connectivity index (χ4v) is 4.43. The van der Waals surface area contributed by atoms with Crippen molar-refractivity contribution in [2.45, 2.75) is 25.9 Å². The molecule has 3 atom stereocenters. The summed E-state index contributed by atoms with van der Waals surface area (Å²) >= 11 is 2.34. The number of fused-ring (bicyclic) bond motifs is 1. The summed E-state index contributed by atoms with van der Waals surface area (Å²) < 4.78 is 4.12. The van der Waals surface area contributed by atoms with Crippen LogP contribution < -0.4 is 5.32 Å². The Kier molecular flexibility index (Phi) is 4.39. The van der Waals surface area contributed by atoms with E-state index in [1.54, 1.807) is 0 Å². The van der Waals surface area contributed by atoms with Crippen LogP contribution in [0.5, 0.6) is 0 Å². The fraction of sp³-hybridized carbons (Fsp3) is 0.375. The highest BCUT2D eigenvalue weighted by Gasteiger charge is 2.21. The van der Waals surface area contributed by atoms with E-state index >= 15 is 0 Å². The summed E-state index contributed by atoms with van der Waals surface area (Å²) in [6.07, 6.45) is 7.88. The molecule has 0 amide bonds. The average molecular weight is 439 g/mol. The third-order valence-electron chi connectivity index (χ3n) is 4.52. The Balaban J connectivity index is 1.60. The first-order valence-electron chi connectivity index (χ1n) is 7.83. The van der Waals surface area contributed by atoms with E-state index in [1.807, 2.05) is 16.8 Å². The van der Waals surface area contributed by atoms with Gasteiger partial charge in [0.25, 0.3) is 0 Å². The molecule has 1 fully saturated rings. The summed E-state index contributed by atoms with van der Waals surface area (Å²) in [5, 5.41) is 13.7. The Morgan fingerprint density at radius 1 is 1.30 bits per heavy atom. The van der Waals surface area contributed by atoms with Gasteiger partial charge in [-0.3, -0.25) is 4.68 Å². The van der Waals surface area contributed by atoms with Crippen LogP contribution in [-0.2, 0) is 6.54 Å². The molecular formula is C16H19IN5P. The van der Waals surface area contributed by atoms with Crippen molar-refractivity contribution in [2.75, 3.05) is 6.54 Å². The molecule has 1 unspecified atom stereocenters. The largest absolute Gasteiger partial charge is 0.314 e. The molecule has 0 bridgehead atoms. The van der Waals surface area contributed by atoms with Gasteiger partial charge >= 0.3 is 0 Å². The van der Waals surface area contributed by atoms with Gasteiger partial charge in [-0.25, -0.2) is 4.45 Å². The molecule has 0 radical (unpaired) electrons. The van der Waals surface area contributed by atoms with E-state index in [1.165, 1.54) is 22.9 Å². The van der Waals surface area contributed by atoms with Crippen LogP contribution >= 0.6 is 28.4 Å². The molecule has 5 nitrogen and oxygen atoms in total. The summed E-state index contributed by atoms with van der Waals surface area (Å²) in [5.41, 5.74) is 3.59. The molecule has 1 N–H and O–H groups in total. The minimum atomic E-state index is 0.628. The van der Waals surface area contributed by atoms with Gasteiger partial charge in [-0.05, 0) is 59.0 Å². The molecule has 4 rings (SSSR count). The maximum absolute atomic E-state index is 4.61. The number of hydrogen-bond donors (Lipinski definition) is 1. The van der Waals surface area contributed by atoms with Gasteiger partial charge in [-0.2, -0.15) is 10.2 Å². The second-order valence-electron chi connectivity index (χ2n) is 6.27. The minimum absolute atomic E-state index is 0.628. The summed E-state index contributed by atoms with van der Waals surface area (Å²) in [4.78, 5) is 0. The van der Waals surface area contributed by atoms with Crippen molar-refractivity contribution in [2.24, 2.45) is 5.92 Å². The maximum atomic E-state index is 4.61. The molecule has 1 aliphatic heterocycles. The van der Waals surface area contributed by atoms with Crippen molar-refractivity contribution >= 4 is 39.3 Å². The lowest BCUT2D eigenvalue weighted by molar-refractivity contribution is 0.453. The standard InChI is InChI=1S/C16H19IN5P/c1-11-4-12(6-18-11)9-21-16-3-2-13(5-14(16)7-19-21)15-8-20-22(10-15)23-17/h2-3,5,7-8,10-12,18,23H,4,6,9H2,1H3/t11-,12-/m0/s1. The predicted molar refractivity (Wildman–Crippen MR) is 104 cm³/mol. The zero-order chi connectivity index (χ0) is 15.8. The zero-order valence-corrected chi connectivity index (χ0v) is 16.1. The number of benzene rings is 1. The Morgan fingerprint density at radius 3 is 2.96 bits per heavy atom. The van der Waals surface area contributed by atoms with Gasteiger partial charge < -0.3 is 5.32 Å². The van der Waals surface area contributed by atoms with Gasteiger partial charge in [0.1, 0.15) is 0 Å². The second-order valence-corrected chi connectivity index (χ2v) is 8.34. The first kappa shape index (κ1) is 15.5. The van der Waals surface area contributed by atoms with E-state index in [4.69, 9.17) is 0 Å². The number of halogens is 1. The lowest BCUT2D eigenvalue weighted by atomic mass is 10.1. The van der Waals surface area contributed by atoms with E-state index in [0.717, 1.165) is 18.7 Å². The van der Waals surface area contributed by atoms with Crippen LogP contribution in [0, 0.1) is 5.92 Å². The highest BCUT2D eigenvalue weighted by Crippen LogP contribution is 2.29. The maximum Gasteiger partial charge on any atom is 0.0682 e. The van der Waals surface area contributed by atoms with Crippen LogP contribution in [0.15, 0.2) is 36.8 Å². The Labute approximate surface area is 150 Å². The van der Waals surface area contributed by atoms with E-state index in [9.17, 15) is 0 Å². The molecule has 0 aliphatic carbocycles. The molecule has 0 spiro atoms. The zero-order valence-electron chi connectivity index (χ0n) is 12.9. The second kappa shape index (κ2) is 6.49. The van der Waals surface area contributed by atoms with Gasteiger partial charge in [0.15, 0.2) is 0 Å². The quantitative estimate of drug-likeness (QED) is 0.499. The third-order valence-corrected chi connectivity index (χ3v) is 6.42. The summed E-state index contributed by atoms with van der Waals surface area (Å²) in [6, 6.07) is 7.20. The van der Waals surface area contributed by atoms with Gasteiger partial charge in [0.2, 0.25) is 0 Å². The number of aromatic nitrogens is 4. The van der Waals surface area contributed by atoms with Gasteiger partial charge in [0.05, 0.1) is 24.3 Å². The first-order valence-corrected chi connectivity index (χ1v) is 11.9. The number of nitrogens with one attached hydrogen (secondary N) is 1. The van der Waals surface area contributed by atoms with Crippen molar-refractivity contribution < 1.29 is 0 Å². The molecule has 3 aromatic rings. The third kappa shape index (κ3) is 3.16. The van der Waals surface area contributed by atoms with Gasteiger partial charge in [-0.15, -0.1) is 0 Å². The Hall–Kier alpha value is -0.980. The molecule has 1 aliphatic rings. The van der Waals surface area contributed by atoms with Crippen LogP contribution in [0.25, 0.3) is 22.0 Å². The van der Waals surface area contributed by atoms with Crippen molar-refractivity contribution in [1.82, 2.24) is 24.6 Å². The normalized spacial score (nSPS) is 21.8. The predicted octanol–water partition coefficient (Wildman–Crippen LogP) is 3.69. The van der Waals surface area contributed by atoms with Crippen LogP contribution in [0.3, 0.4) is 0 Å². The SMILES string of the molecule is C[C@H]1C[C@H](Cn2ncc3cc(-c4cnn(PI)c4)ccc32)CN1. The van der Waals surface area contributed by atoms with Crippen LogP contribution in [-0.4, -0.2) is 31.9 Å². The van der Waals surface area contributed by atoms with Gasteiger partial charge in [0, 0.05) is 36.3 Å². The Morgan fingerprint density at radius 2 is 2.22 bits per heavy atom. The topological polar surface area (TPSA) is 47.7 Å². The molecule has 23 heavy (non-hydrogen) atoms. The number of hydrogen-bond acceptors (Lipinski definition) is 3. The van der Waals surface area contributed by atoms with Crippen molar-refractivity contribution in [3.63, 3.8) is 0 Å². The number of nitrogens with zero attached hydrogens (tertiary/aromatic N) is 4. The lowest BCUT2D eigenvalue weighted by Crippen LogP contribution is -2.18. The van der Waals surface area contributed by atoms with Crippen molar-refractivity contribution in [3.8, 4) is 11.1 Å². The summed E-state index contributed by atoms with van der Waals surface area (Å²) in [5.74, 6) is 0.677. The molecule has 1 aromatic carbocycles. The number of rotatable bonds is 4. The highest BCUT2D eigenvalue weighted by atomic mass is 127. The first-order chi connectivity index (χ1) is 11.2. The molecule has 120 valence electrons. The van der Waals surface area contributed by atoms with E-state index in [0.29, 0.717) is 18.3 Å². The lowest BCUT2D eigenvalue weighted by Gasteiger charge is -2.10. The van der Waals surface area contributed by atoms with Gasteiger partial charge in [-0.1, -0.05) is 6.07 Å². The fourth-order valence-electron chi connectivity index (χ4n) is 3.35. The minimum Gasteiger partial charge on any atom is -0.314 e. The van der Waals surface area contributed by atoms with Crippen molar-refractivity contribution in [1.29, 1.82) is 0 Å². The molecule has 3 heterocycles. The molecule has 1 saturated heterocycles. The monoisotopic (exact) mass is 439 g/mol. The van der Waals surface area contributed by atoms with Crippen molar-refractivity contribution in [3.05, 3.63) is 36.8 Å². The van der Waals surface area contributed by atoms with E-state index < -0.39 is 0 Å². The highest BCUT2D eigenvalue weighted by molar-refractivity contribution is 14.2. The molecular weight excluding hydrogens is 420 g/mol. The van der Waals surface area contributed by atoms with Crippen LogP contribution in [0.2, 0.25) is 0 Å². The Bertz CT molecular complexity index is 827. The van der Waals surface area contributed by atoms with Crippen LogP contribution in [0.4, 0.5) is 0 Å². The molecule has 2 aromatic heterocycles. The van der Waals surface area contributed by atoms with Crippen LogP contribution in [0.1, 0.15) is 13.3 Å².